The Hall–Kier alpha value is -1.77. The Morgan fingerprint density at radius 3 is 2.17 bits per heavy atom. The molecule has 0 atom stereocenters. The molecule has 1 amide bonds. The summed E-state index contributed by atoms with van der Waals surface area (Å²) in [5, 5.41) is 0. The van der Waals surface area contributed by atoms with E-state index in [2.05, 4.69) is 0 Å². The SMILES string of the molecule is O=C(CCC(=O)N1CCN(S(=O)(=O)N2CCCC2)CC1)c1ccc2c(c1)CCC2. The first-order valence-corrected chi connectivity index (χ1v) is 12.0. The molecule has 2 heterocycles. The molecule has 0 saturated carbocycles. The number of fused-ring (bicyclic) bond motifs is 1. The van der Waals surface area contributed by atoms with E-state index in [0.29, 0.717) is 44.8 Å². The predicted octanol–water partition coefficient (Wildman–Crippen LogP) is 1.62. The molecular formula is C21H29N3O4S. The maximum absolute atomic E-state index is 12.6. The molecule has 0 aromatic heterocycles. The molecule has 8 heteroatoms. The number of benzene rings is 1. The molecule has 3 aliphatic rings. The normalized spacial score (nSPS) is 20.8. The smallest absolute Gasteiger partial charge is 0.282 e. The lowest BCUT2D eigenvalue weighted by Gasteiger charge is -2.35. The van der Waals surface area contributed by atoms with Crippen LogP contribution in [0.3, 0.4) is 0 Å². The van der Waals surface area contributed by atoms with E-state index >= 15 is 0 Å². The van der Waals surface area contributed by atoms with Crippen molar-refractivity contribution in [3.63, 3.8) is 0 Å². The number of rotatable bonds is 6. The van der Waals surface area contributed by atoms with Crippen LogP contribution in [0.2, 0.25) is 0 Å². The van der Waals surface area contributed by atoms with Crippen LogP contribution >= 0.6 is 0 Å². The van der Waals surface area contributed by atoms with Crippen molar-refractivity contribution in [1.82, 2.24) is 13.5 Å². The summed E-state index contributed by atoms with van der Waals surface area (Å²) in [5.74, 6) is -0.0685. The number of piperazine rings is 1. The van der Waals surface area contributed by atoms with E-state index < -0.39 is 10.2 Å². The van der Waals surface area contributed by atoms with Crippen LogP contribution in [0.5, 0.6) is 0 Å². The number of hydrogen-bond acceptors (Lipinski definition) is 4. The van der Waals surface area contributed by atoms with Crippen LogP contribution in [0.15, 0.2) is 18.2 Å². The number of ketones is 1. The van der Waals surface area contributed by atoms with Gasteiger partial charge >= 0.3 is 0 Å². The second-order valence-corrected chi connectivity index (χ2v) is 10.1. The van der Waals surface area contributed by atoms with Crippen LogP contribution < -0.4 is 0 Å². The Kier molecular flexibility index (Phi) is 6.03. The predicted molar refractivity (Wildman–Crippen MR) is 110 cm³/mol. The third-order valence-corrected chi connectivity index (χ3v) is 8.33. The van der Waals surface area contributed by atoms with Crippen molar-refractivity contribution in [2.75, 3.05) is 39.3 Å². The summed E-state index contributed by atoms with van der Waals surface area (Å²) in [6.45, 7) is 2.60. The summed E-state index contributed by atoms with van der Waals surface area (Å²) in [4.78, 5) is 26.7. The summed E-state index contributed by atoms with van der Waals surface area (Å²) in [6.07, 6.45) is 5.46. The van der Waals surface area contributed by atoms with Gasteiger partial charge in [0.25, 0.3) is 10.2 Å². The summed E-state index contributed by atoms with van der Waals surface area (Å²) < 4.78 is 28.3. The van der Waals surface area contributed by atoms with E-state index in [4.69, 9.17) is 0 Å². The number of nitrogens with zero attached hydrogens (tertiary/aromatic N) is 3. The lowest BCUT2D eigenvalue weighted by molar-refractivity contribution is -0.132. The fourth-order valence-electron chi connectivity index (χ4n) is 4.52. The van der Waals surface area contributed by atoms with Crippen LogP contribution in [0, 0.1) is 0 Å². The average molecular weight is 420 g/mol. The summed E-state index contributed by atoms with van der Waals surface area (Å²) >= 11 is 0. The largest absolute Gasteiger partial charge is 0.340 e. The highest BCUT2D eigenvalue weighted by atomic mass is 32.2. The minimum atomic E-state index is -3.40. The van der Waals surface area contributed by atoms with Crippen molar-refractivity contribution >= 4 is 21.9 Å². The molecule has 158 valence electrons. The van der Waals surface area contributed by atoms with Gasteiger partial charge in [0.2, 0.25) is 5.91 Å². The van der Waals surface area contributed by atoms with Gasteiger partial charge in [-0.15, -0.1) is 0 Å². The third kappa shape index (κ3) is 4.39. The van der Waals surface area contributed by atoms with Gasteiger partial charge in [0, 0.05) is 57.7 Å². The highest BCUT2D eigenvalue weighted by Crippen LogP contribution is 2.24. The molecule has 1 aromatic rings. The number of amides is 1. The Morgan fingerprint density at radius 1 is 0.793 bits per heavy atom. The standard InChI is InChI=1S/C21H29N3O4S/c25-20(19-7-6-17-4-3-5-18(17)16-19)8-9-21(26)22-12-14-24(15-13-22)29(27,28)23-10-1-2-11-23/h6-7,16H,1-5,8-15H2. The Balaban J connectivity index is 1.26. The molecule has 0 radical (unpaired) electrons. The molecule has 1 aliphatic carbocycles. The van der Waals surface area contributed by atoms with Crippen molar-refractivity contribution < 1.29 is 18.0 Å². The fraction of sp³-hybridized carbons (Fsp3) is 0.619. The molecule has 0 unspecified atom stereocenters. The first-order chi connectivity index (χ1) is 13.9. The van der Waals surface area contributed by atoms with Gasteiger partial charge in [0.05, 0.1) is 0 Å². The van der Waals surface area contributed by atoms with E-state index in [1.165, 1.54) is 15.4 Å². The second-order valence-electron chi connectivity index (χ2n) is 8.15. The topological polar surface area (TPSA) is 78.0 Å². The zero-order chi connectivity index (χ0) is 20.4. The van der Waals surface area contributed by atoms with Crippen molar-refractivity contribution in [2.45, 2.75) is 44.9 Å². The lowest BCUT2D eigenvalue weighted by atomic mass is 10.0. The highest BCUT2D eigenvalue weighted by Gasteiger charge is 2.34. The summed E-state index contributed by atoms with van der Waals surface area (Å²) in [6, 6.07) is 5.90. The van der Waals surface area contributed by atoms with Crippen LogP contribution in [0.1, 0.15) is 53.6 Å². The van der Waals surface area contributed by atoms with E-state index in [9.17, 15) is 18.0 Å². The zero-order valence-electron chi connectivity index (χ0n) is 16.8. The van der Waals surface area contributed by atoms with Gasteiger partial charge < -0.3 is 4.90 Å². The van der Waals surface area contributed by atoms with E-state index in [1.54, 1.807) is 9.21 Å². The Morgan fingerprint density at radius 2 is 1.45 bits per heavy atom. The molecule has 7 nitrogen and oxygen atoms in total. The molecule has 29 heavy (non-hydrogen) atoms. The minimum absolute atomic E-state index is 0.00305. The molecule has 0 bridgehead atoms. The molecule has 2 fully saturated rings. The van der Waals surface area contributed by atoms with Crippen molar-refractivity contribution in [1.29, 1.82) is 0 Å². The molecule has 2 saturated heterocycles. The first kappa shape index (κ1) is 20.5. The average Bonchev–Trinajstić information content (AvgIpc) is 3.43. The van der Waals surface area contributed by atoms with E-state index in [-0.39, 0.29) is 24.5 Å². The van der Waals surface area contributed by atoms with Gasteiger partial charge in [-0.2, -0.15) is 17.0 Å². The van der Waals surface area contributed by atoms with Gasteiger partial charge in [0.15, 0.2) is 5.78 Å². The highest BCUT2D eigenvalue weighted by molar-refractivity contribution is 7.86. The van der Waals surface area contributed by atoms with Gasteiger partial charge in [-0.05, 0) is 49.3 Å². The van der Waals surface area contributed by atoms with Crippen LogP contribution in [0.25, 0.3) is 0 Å². The zero-order valence-corrected chi connectivity index (χ0v) is 17.6. The molecule has 0 spiro atoms. The Labute approximate surface area is 172 Å². The van der Waals surface area contributed by atoms with Crippen LogP contribution in [-0.4, -0.2) is 72.9 Å². The Bertz CT molecular complexity index is 885. The number of Topliss-reactive ketones (excluding diaryl/α,β-unsaturated/α-hetero) is 1. The summed E-state index contributed by atoms with van der Waals surface area (Å²) in [7, 11) is -3.40. The quantitative estimate of drug-likeness (QED) is 0.657. The maximum atomic E-state index is 12.6. The van der Waals surface area contributed by atoms with Crippen LogP contribution in [0.4, 0.5) is 0 Å². The second kappa shape index (κ2) is 8.53. The van der Waals surface area contributed by atoms with Crippen LogP contribution in [-0.2, 0) is 27.8 Å². The molecule has 1 aromatic carbocycles. The van der Waals surface area contributed by atoms with Crippen molar-refractivity contribution in [2.24, 2.45) is 0 Å². The molecule has 2 aliphatic heterocycles. The van der Waals surface area contributed by atoms with Gasteiger partial charge in [-0.25, -0.2) is 0 Å². The fourth-order valence-corrected chi connectivity index (χ4v) is 6.19. The number of hydrogen-bond donors (Lipinski definition) is 0. The first-order valence-electron chi connectivity index (χ1n) is 10.6. The molecular weight excluding hydrogens is 390 g/mol. The molecule has 4 rings (SSSR count). The van der Waals surface area contributed by atoms with Gasteiger partial charge in [-0.3, -0.25) is 9.59 Å². The van der Waals surface area contributed by atoms with Crippen molar-refractivity contribution in [3.05, 3.63) is 34.9 Å². The molecule has 0 N–H and O–H groups in total. The minimum Gasteiger partial charge on any atom is -0.340 e. The number of carbonyl (C=O) groups excluding carboxylic acids is 2. The van der Waals surface area contributed by atoms with E-state index in [0.717, 1.165) is 32.1 Å². The monoisotopic (exact) mass is 419 g/mol. The van der Waals surface area contributed by atoms with Gasteiger partial charge in [-0.1, -0.05) is 12.1 Å². The number of carbonyl (C=O) groups is 2. The van der Waals surface area contributed by atoms with E-state index in [1.807, 2.05) is 18.2 Å². The summed E-state index contributed by atoms with van der Waals surface area (Å²) in [5.41, 5.74) is 3.29. The maximum Gasteiger partial charge on any atom is 0.282 e. The lowest BCUT2D eigenvalue weighted by Crippen LogP contribution is -2.53. The van der Waals surface area contributed by atoms with Gasteiger partial charge in [0.1, 0.15) is 0 Å². The van der Waals surface area contributed by atoms with Crippen molar-refractivity contribution in [3.8, 4) is 0 Å². The number of aryl methyl sites for hydroxylation is 2. The third-order valence-electron chi connectivity index (χ3n) is 6.30.